The van der Waals surface area contributed by atoms with Gasteiger partial charge in [0.25, 0.3) is 5.91 Å². The lowest BCUT2D eigenvalue weighted by molar-refractivity contribution is 0.0884. The van der Waals surface area contributed by atoms with Gasteiger partial charge < -0.3 is 10.4 Å². The SMILES string of the molecule is CC(C)(C)C(CCO)NC(=O)c1ccc(F)cc1Br. The second-order valence-corrected chi connectivity index (χ2v) is 6.38. The minimum atomic E-state index is -0.397. The van der Waals surface area contributed by atoms with Crippen LogP contribution in [0.1, 0.15) is 37.6 Å². The van der Waals surface area contributed by atoms with Crippen molar-refractivity contribution in [2.75, 3.05) is 6.61 Å². The van der Waals surface area contributed by atoms with Crippen LogP contribution in [-0.4, -0.2) is 23.7 Å². The molecule has 0 aliphatic rings. The second kappa shape index (κ2) is 6.48. The van der Waals surface area contributed by atoms with Crippen molar-refractivity contribution in [1.82, 2.24) is 5.32 Å². The lowest BCUT2D eigenvalue weighted by Gasteiger charge is -2.31. The highest BCUT2D eigenvalue weighted by Crippen LogP contribution is 2.23. The van der Waals surface area contributed by atoms with E-state index in [0.717, 1.165) is 0 Å². The fraction of sp³-hybridized carbons (Fsp3) is 0.500. The third-order valence-electron chi connectivity index (χ3n) is 2.94. The Labute approximate surface area is 121 Å². The molecule has 5 heteroatoms. The number of carbonyl (C=O) groups is 1. The number of amides is 1. The van der Waals surface area contributed by atoms with Gasteiger partial charge in [-0.1, -0.05) is 20.8 Å². The van der Waals surface area contributed by atoms with Crippen LogP contribution in [0.5, 0.6) is 0 Å². The predicted molar refractivity (Wildman–Crippen MR) is 76.5 cm³/mol. The van der Waals surface area contributed by atoms with Gasteiger partial charge in [-0.2, -0.15) is 0 Å². The third-order valence-corrected chi connectivity index (χ3v) is 3.60. The molecule has 1 aromatic rings. The molecular formula is C14H19BrFNO2. The molecule has 0 aliphatic heterocycles. The van der Waals surface area contributed by atoms with Crippen LogP contribution in [0.15, 0.2) is 22.7 Å². The van der Waals surface area contributed by atoms with Gasteiger partial charge in [0.15, 0.2) is 0 Å². The maximum atomic E-state index is 13.0. The molecule has 1 amide bonds. The number of aliphatic hydroxyl groups excluding tert-OH is 1. The molecule has 0 bridgehead atoms. The smallest absolute Gasteiger partial charge is 0.252 e. The number of benzene rings is 1. The highest BCUT2D eigenvalue weighted by atomic mass is 79.9. The summed E-state index contributed by atoms with van der Waals surface area (Å²) in [6.07, 6.45) is 0.480. The third kappa shape index (κ3) is 4.58. The number of rotatable bonds is 4. The number of aliphatic hydroxyl groups is 1. The largest absolute Gasteiger partial charge is 0.396 e. The second-order valence-electron chi connectivity index (χ2n) is 5.53. The number of nitrogens with one attached hydrogen (secondary N) is 1. The zero-order valence-corrected chi connectivity index (χ0v) is 12.9. The van der Waals surface area contributed by atoms with Crippen LogP contribution in [0.3, 0.4) is 0 Å². The van der Waals surface area contributed by atoms with Gasteiger partial charge in [-0.05, 0) is 46.0 Å². The molecule has 0 aliphatic carbocycles. The lowest BCUT2D eigenvalue weighted by atomic mass is 9.85. The monoisotopic (exact) mass is 331 g/mol. The van der Waals surface area contributed by atoms with Crippen LogP contribution < -0.4 is 5.32 Å². The molecule has 1 atom stereocenters. The Morgan fingerprint density at radius 3 is 2.58 bits per heavy atom. The molecule has 0 radical (unpaired) electrons. The summed E-state index contributed by atoms with van der Waals surface area (Å²) >= 11 is 3.18. The van der Waals surface area contributed by atoms with Crippen molar-refractivity contribution in [3.05, 3.63) is 34.1 Å². The van der Waals surface area contributed by atoms with E-state index in [-0.39, 0.29) is 24.0 Å². The fourth-order valence-corrected chi connectivity index (χ4v) is 2.29. The van der Waals surface area contributed by atoms with E-state index in [1.165, 1.54) is 18.2 Å². The van der Waals surface area contributed by atoms with Crippen molar-refractivity contribution >= 4 is 21.8 Å². The van der Waals surface area contributed by atoms with Crippen molar-refractivity contribution in [2.45, 2.75) is 33.2 Å². The molecule has 0 saturated carbocycles. The summed E-state index contributed by atoms with van der Waals surface area (Å²) in [5.41, 5.74) is 0.221. The molecule has 19 heavy (non-hydrogen) atoms. The maximum Gasteiger partial charge on any atom is 0.252 e. The average Bonchev–Trinajstić information content (AvgIpc) is 2.26. The summed E-state index contributed by atoms with van der Waals surface area (Å²) in [6.45, 7) is 5.99. The van der Waals surface area contributed by atoms with Gasteiger partial charge in [0.2, 0.25) is 0 Å². The van der Waals surface area contributed by atoms with E-state index >= 15 is 0 Å². The van der Waals surface area contributed by atoms with Gasteiger partial charge in [0.1, 0.15) is 5.82 Å². The summed E-state index contributed by atoms with van der Waals surface area (Å²) in [5.74, 6) is -0.675. The van der Waals surface area contributed by atoms with E-state index in [0.29, 0.717) is 16.5 Å². The summed E-state index contributed by atoms with van der Waals surface area (Å²) in [6, 6.07) is 3.79. The number of hydrogen-bond acceptors (Lipinski definition) is 2. The van der Waals surface area contributed by atoms with Gasteiger partial charge >= 0.3 is 0 Å². The molecule has 0 aromatic heterocycles. The van der Waals surface area contributed by atoms with E-state index in [9.17, 15) is 9.18 Å². The van der Waals surface area contributed by atoms with Gasteiger partial charge in [-0.15, -0.1) is 0 Å². The zero-order chi connectivity index (χ0) is 14.6. The fourth-order valence-electron chi connectivity index (χ4n) is 1.76. The average molecular weight is 332 g/mol. The van der Waals surface area contributed by atoms with Crippen molar-refractivity contribution in [3.63, 3.8) is 0 Å². The minimum Gasteiger partial charge on any atom is -0.396 e. The van der Waals surface area contributed by atoms with Crippen molar-refractivity contribution < 1.29 is 14.3 Å². The molecule has 3 nitrogen and oxygen atoms in total. The Hall–Kier alpha value is -0.940. The van der Waals surface area contributed by atoms with Crippen molar-refractivity contribution in [2.24, 2.45) is 5.41 Å². The van der Waals surface area contributed by atoms with Gasteiger partial charge in [-0.3, -0.25) is 4.79 Å². The molecule has 1 unspecified atom stereocenters. The van der Waals surface area contributed by atoms with Crippen LogP contribution >= 0.6 is 15.9 Å². The molecule has 0 heterocycles. The Bertz CT molecular complexity index is 457. The van der Waals surface area contributed by atoms with Gasteiger partial charge in [0.05, 0.1) is 5.56 Å². The molecule has 0 saturated heterocycles. The Balaban J connectivity index is 2.88. The first-order chi connectivity index (χ1) is 8.75. The number of halogens is 2. The lowest BCUT2D eigenvalue weighted by Crippen LogP contribution is -2.44. The van der Waals surface area contributed by atoms with Gasteiger partial charge in [-0.25, -0.2) is 4.39 Å². The Morgan fingerprint density at radius 2 is 2.11 bits per heavy atom. The Kier molecular flexibility index (Phi) is 5.50. The van der Waals surface area contributed by atoms with Crippen LogP contribution in [0.4, 0.5) is 4.39 Å². The van der Waals surface area contributed by atoms with E-state index < -0.39 is 5.82 Å². The molecule has 1 rings (SSSR count). The van der Waals surface area contributed by atoms with E-state index in [1.807, 2.05) is 20.8 Å². The zero-order valence-electron chi connectivity index (χ0n) is 11.3. The normalized spacial score (nSPS) is 13.2. The summed E-state index contributed by atoms with van der Waals surface area (Å²) in [7, 11) is 0. The van der Waals surface area contributed by atoms with Crippen LogP contribution in [0.2, 0.25) is 0 Å². The molecule has 106 valence electrons. The van der Waals surface area contributed by atoms with Crippen LogP contribution in [0, 0.1) is 11.2 Å². The van der Waals surface area contributed by atoms with E-state index in [1.54, 1.807) is 0 Å². The van der Waals surface area contributed by atoms with E-state index in [2.05, 4.69) is 21.2 Å². The summed E-state index contributed by atoms with van der Waals surface area (Å²) in [4.78, 5) is 12.2. The van der Waals surface area contributed by atoms with Gasteiger partial charge in [0, 0.05) is 17.1 Å². The quantitative estimate of drug-likeness (QED) is 0.890. The van der Waals surface area contributed by atoms with Crippen molar-refractivity contribution in [3.8, 4) is 0 Å². The Morgan fingerprint density at radius 1 is 1.47 bits per heavy atom. The highest BCUT2D eigenvalue weighted by molar-refractivity contribution is 9.10. The first-order valence-electron chi connectivity index (χ1n) is 6.12. The van der Waals surface area contributed by atoms with Crippen LogP contribution in [0.25, 0.3) is 0 Å². The molecular weight excluding hydrogens is 313 g/mol. The molecule has 0 fully saturated rings. The first-order valence-corrected chi connectivity index (χ1v) is 6.91. The molecule has 1 aromatic carbocycles. The summed E-state index contributed by atoms with van der Waals surface area (Å²) in [5, 5.41) is 11.9. The van der Waals surface area contributed by atoms with Crippen LogP contribution in [-0.2, 0) is 0 Å². The highest BCUT2D eigenvalue weighted by Gasteiger charge is 2.26. The topological polar surface area (TPSA) is 49.3 Å². The molecule has 2 N–H and O–H groups in total. The predicted octanol–water partition coefficient (Wildman–Crippen LogP) is 3.12. The standard InChI is InChI=1S/C14H19BrFNO2/c1-14(2,3)12(6-7-18)17-13(19)10-5-4-9(16)8-11(10)15/h4-5,8,12,18H,6-7H2,1-3H3,(H,17,19). The molecule has 0 spiro atoms. The van der Waals surface area contributed by atoms with E-state index in [4.69, 9.17) is 5.11 Å². The summed E-state index contributed by atoms with van der Waals surface area (Å²) < 4.78 is 13.4. The van der Waals surface area contributed by atoms with Crippen molar-refractivity contribution in [1.29, 1.82) is 0 Å². The first kappa shape index (κ1) is 16.1. The minimum absolute atomic E-state index is 0.00675. The number of hydrogen-bond donors (Lipinski definition) is 2. The number of carbonyl (C=O) groups excluding carboxylic acids is 1. The maximum absolute atomic E-state index is 13.0.